The molecule has 2 aromatic carbocycles. The van der Waals surface area contributed by atoms with Crippen molar-refractivity contribution in [3.05, 3.63) is 82.0 Å². The summed E-state index contributed by atoms with van der Waals surface area (Å²) in [7, 11) is 0. The summed E-state index contributed by atoms with van der Waals surface area (Å²) in [5, 5.41) is 0.231. The average molecular weight is 556 g/mol. The van der Waals surface area contributed by atoms with Crippen molar-refractivity contribution >= 4 is 35.2 Å². The number of nitrogen functional groups attached to an aromatic ring is 1. The van der Waals surface area contributed by atoms with Gasteiger partial charge in [0, 0.05) is 24.6 Å². The Morgan fingerprint density at radius 3 is 2.67 bits per heavy atom. The minimum Gasteiger partial charge on any atom is -0.488 e. The predicted octanol–water partition coefficient (Wildman–Crippen LogP) is 5.81. The zero-order valence-electron chi connectivity index (χ0n) is 21.0. The highest BCUT2D eigenvalue weighted by Gasteiger charge is 2.42. The van der Waals surface area contributed by atoms with E-state index in [-0.39, 0.29) is 42.0 Å². The van der Waals surface area contributed by atoms with Crippen molar-refractivity contribution in [2.24, 2.45) is 0 Å². The molecule has 1 atom stereocenters. The number of benzene rings is 2. The van der Waals surface area contributed by atoms with Crippen LogP contribution < -0.4 is 10.5 Å². The lowest BCUT2D eigenvalue weighted by Crippen LogP contribution is -2.59. The molecular weight excluding hydrogens is 531 g/mol. The van der Waals surface area contributed by atoms with E-state index in [1.165, 1.54) is 31.2 Å². The van der Waals surface area contributed by atoms with E-state index >= 15 is 4.39 Å². The van der Waals surface area contributed by atoms with Crippen molar-refractivity contribution in [2.75, 3.05) is 18.8 Å². The third kappa shape index (κ3) is 5.63. The Kier molecular flexibility index (Phi) is 7.11. The minimum absolute atomic E-state index is 0.0615. The Morgan fingerprint density at radius 2 is 1.97 bits per heavy atom. The molecule has 1 aromatic heterocycles. The number of carbonyl (C=O) groups is 2. The summed E-state index contributed by atoms with van der Waals surface area (Å²) in [4.78, 5) is 29.9. The number of fused-ring (bicyclic) bond motifs is 1. The molecule has 10 heteroatoms. The molecule has 0 bridgehead atoms. The second-order valence-electron chi connectivity index (χ2n) is 10.1. The van der Waals surface area contributed by atoms with Crippen molar-refractivity contribution in [3.8, 4) is 16.9 Å². The number of allylic oxidation sites excluding steroid dienone is 1. The molecular formula is C29H25ClF3N3O3. The Labute approximate surface area is 228 Å². The number of ketones is 1. The number of nitrogens with zero attached hydrogens (tertiary/aromatic N) is 2. The molecule has 5 rings (SSSR count). The first-order valence-corrected chi connectivity index (χ1v) is 12.8. The van der Waals surface area contributed by atoms with Crippen LogP contribution in [0.3, 0.4) is 0 Å². The van der Waals surface area contributed by atoms with Crippen molar-refractivity contribution in [3.63, 3.8) is 0 Å². The number of halogens is 4. The van der Waals surface area contributed by atoms with Gasteiger partial charge in [0.2, 0.25) is 0 Å². The van der Waals surface area contributed by atoms with Gasteiger partial charge in [-0.3, -0.25) is 9.59 Å². The smallest absolute Gasteiger partial charge is 0.257 e. The molecule has 2 N–H and O–H groups in total. The third-order valence-electron chi connectivity index (χ3n) is 6.79. The normalized spacial score (nSPS) is 17.6. The first kappa shape index (κ1) is 26.7. The molecule has 1 amide bonds. The lowest BCUT2D eigenvalue weighted by atomic mass is 9.95. The van der Waals surface area contributed by atoms with E-state index in [0.717, 1.165) is 10.5 Å². The van der Waals surface area contributed by atoms with Gasteiger partial charge in [-0.1, -0.05) is 17.7 Å². The molecule has 3 heterocycles. The Hall–Kier alpha value is -3.85. The van der Waals surface area contributed by atoms with Crippen LogP contribution in [0.25, 0.3) is 17.2 Å². The van der Waals surface area contributed by atoms with Gasteiger partial charge in [0.25, 0.3) is 5.91 Å². The van der Waals surface area contributed by atoms with Crippen molar-refractivity contribution in [1.82, 2.24) is 9.88 Å². The highest BCUT2D eigenvalue weighted by molar-refractivity contribution is 6.32. The molecule has 2 aliphatic heterocycles. The van der Waals surface area contributed by atoms with Gasteiger partial charge in [-0.25, -0.2) is 18.2 Å². The van der Waals surface area contributed by atoms with Crippen molar-refractivity contribution in [1.29, 1.82) is 0 Å². The lowest BCUT2D eigenvalue weighted by molar-refractivity contribution is -0.115. The van der Waals surface area contributed by atoms with E-state index in [1.54, 1.807) is 30.5 Å². The number of hydrogen-bond acceptors (Lipinski definition) is 5. The van der Waals surface area contributed by atoms with Crippen LogP contribution >= 0.6 is 11.6 Å². The van der Waals surface area contributed by atoms with E-state index in [0.29, 0.717) is 35.5 Å². The van der Waals surface area contributed by atoms with Crippen LogP contribution in [0.2, 0.25) is 5.02 Å². The number of likely N-dealkylation sites (tertiary alicyclic amines) is 1. The van der Waals surface area contributed by atoms with Gasteiger partial charge >= 0.3 is 0 Å². The number of nitrogens with two attached hydrogens (primary N) is 1. The standard InChI is InChI=1S/C29H25ClF3N3O3/c1-29(33)14-36(15-29)28(38)22-8-7-21(25(31)26(22)32)17-10-18-11-20(39-27(18)23(30)12-17)6-5-19(37)4-2-16-3-9-24(34)35-13-16/h2-4,7-10,12-13,20H,5-6,11,14-15H2,1H3,(H2,34,35)/b4-2+. The zero-order chi connectivity index (χ0) is 27.9. The van der Waals surface area contributed by atoms with Gasteiger partial charge in [-0.15, -0.1) is 0 Å². The van der Waals surface area contributed by atoms with Crippen LogP contribution in [0.5, 0.6) is 5.75 Å². The molecule has 1 unspecified atom stereocenters. The number of pyridine rings is 1. The fraction of sp³-hybridized carbons (Fsp3) is 0.276. The number of aromatic nitrogens is 1. The number of amides is 1. The van der Waals surface area contributed by atoms with Crippen LogP contribution in [-0.4, -0.2) is 46.4 Å². The largest absolute Gasteiger partial charge is 0.488 e. The van der Waals surface area contributed by atoms with Crippen LogP contribution in [0.15, 0.2) is 48.7 Å². The van der Waals surface area contributed by atoms with E-state index in [4.69, 9.17) is 22.1 Å². The zero-order valence-corrected chi connectivity index (χ0v) is 21.8. The predicted molar refractivity (Wildman–Crippen MR) is 142 cm³/mol. The first-order valence-electron chi connectivity index (χ1n) is 12.4. The quantitative estimate of drug-likeness (QED) is 0.372. The molecule has 6 nitrogen and oxygen atoms in total. The summed E-state index contributed by atoms with van der Waals surface area (Å²) in [6.07, 6.45) is 5.54. The van der Waals surface area contributed by atoms with Gasteiger partial charge in [-0.2, -0.15) is 0 Å². The van der Waals surface area contributed by atoms with Gasteiger partial charge in [0.1, 0.15) is 23.3 Å². The Morgan fingerprint density at radius 1 is 1.21 bits per heavy atom. The van der Waals surface area contributed by atoms with Gasteiger partial charge < -0.3 is 15.4 Å². The summed E-state index contributed by atoms with van der Waals surface area (Å²) < 4.78 is 49.7. The summed E-state index contributed by atoms with van der Waals surface area (Å²) in [5.41, 5.74) is 5.32. The average Bonchev–Trinajstić information content (AvgIpc) is 3.30. The monoisotopic (exact) mass is 555 g/mol. The van der Waals surface area contributed by atoms with E-state index in [9.17, 15) is 18.4 Å². The minimum atomic E-state index is -1.52. The van der Waals surface area contributed by atoms with Crippen molar-refractivity contribution < 1.29 is 27.5 Å². The maximum atomic E-state index is 15.1. The molecule has 2 aliphatic rings. The summed E-state index contributed by atoms with van der Waals surface area (Å²) in [6.45, 7) is 1.01. The van der Waals surface area contributed by atoms with Gasteiger partial charge in [-0.05, 0) is 72.5 Å². The van der Waals surface area contributed by atoms with Crippen LogP contribution in [0.1, 0.15) is 41.3 Å². The summed E-state index contributed by atoms with van der Waals surface area (Å²) in [6, 6.07) is 9.06. The summed E-state index contributed by atoms with van der Waals surface area (Å²) >= 11 is 6.42. The van der Waals surface area contributed by atoms with Gasteiger partial charge in [0.15, 0.2) is 17.4 Å². The fourth-order valence-electron chi connectivity index (χ4n) is 4.80. The molecule has 0 radical (unpaired) electrons. The van der Waals surface area contributed by atoms with Crippen LogP contribution in [-0.2, 0) is 11.2 Å². The number of alkyl halides is 1. The molecule has 0 spiro atoms. The third-order valence-corrected chi connectivity index (χ3v) is 7.07. The van der Waals surface area contributed by atoms with E-state index in [1.807, 2.05) is 0 Å². The maximum Gasteiger partial charge on any atom is 0.257 e. The number of anilines is 1. The second-order valence-corrected chi connectivity index (χ2v) is 10.5. The molecule has 1 saturated heterocycles. The topological polar surface area (TPSA) is 85.5 Å². The number of carbonyl (C=O) groups excluding carboxylic acids is 2. The molecule has 39 heavy (non-hydrogen) atoms. The highest BCUT2D eigenvalue weighted by atomic mass is 35.5. The fourth-order valence-corrected chi connectivity index (χ4v) is 5.08. The Balaban J connectivity index is 1.25. The number of hydrogen-bond donors (Lipinski definition) is 1. The molecule has 3 aromatic rings. The van der Waals surface area contributed by atoms with Crippen molar-refractivity contribution in [2.45, 2.75) is 38.0 Å². The summed E-state index contributed by atoms with van der Waals surface area (Å²) in [5.74, 6) is -2.49. The highest BCUT2D eigenvalue weighted by Crippen LogP contribution is 2.41. The van der Waals surface area contributed by atoms with Gasteiger partial charge in [0.05, 0.1) is 23.7 Å². The number of ether oxygens (including phenoxy) is 1. The Bertz CT molecular complexity index is 1480. The van der Waals surface area contributed by atoms with Crippen LogP contribution in [0, 0.1) is 11.6 Å². The molecule has 0 saturated carbocycles. The molecule has 1 fully saturated rings. The maximum absolute atomic E-state index is 15.1. The molecule has 0 aliphatic carbocycles. The van der Waals surface area contributed by atoms with E-state index < -0.39 is 28.8 Å². The second kappa shape index (κ2) is 10.4. The first-order chi connectivity index (χ1) is 18.5. The lowest BCUT2D eigenvalue weighted by Gasteiger charge is -2.42. The SMILES string of the molecule is CC1(F)CN(C(=O)c2ccc(-c3cc(Cl)c4c(c3)CC(CCC(=O)/C=C/c3ccc(N)nc3)O4)c(F)c2F)C1. The molecule has 202 valence electrons. The van der Waals surface area contributed by atoms with Crippen LogP contribution in [0.4, 0.5) is 19.0 Å². The number of rotatable bonds is 7. The van der Waals surface area contributed by atoms with E-state index in [2.05, 4.69) is 4.98 Å².